The van der Waals surface area contributed by atoms with Crippen LogP contribution in [-0.2, 0) is 19.1 Å². The van der Waals surface area contributed by atoms with E-state index in [0.717, 1.165) is 12.8 Å². The van der Waals surface area contributed by atoms with Crippen molar-refractivity contribution in [3.63, 3.8) is 0 Å². The van der Waals surface area contributed by atoms with E-state index in [0.29, 0.717) is 18.8 Å². The molecule has 0 aromatic heterocycles. The predicted octanol–water partition coefficient (Wildman–Crippen LogP) is 1.96. The maximum Gasteiger partial charge on any atom is 0.316 e. The second kappa shape index (κ2) is 5.63. The van der Waals surface area contributed by atoms with Gasteiger partial charge in [-0.05, 0) is 32.1 Å². The molecule has 1 aliphatic carbocycles. The molecule has 0 heterocycles. The van der Waals surface area contributed by atoms with E-state index in [4.69, 9.17) is 4.74 Å². The summed E-state index contributed by atoms with van der Waals surface area (Å²) in [4.78, 5) is 23.8. The third kappa shape index (κ3) is 2.86. The fourth-order valence-electron chi connectivity index (χ4n) is 2.69. The lowest BCUT2D eigenvalue weighted by atomic mass is 9.73. The zero-order valence-corrected chi connectivity index (χ0v) is 11.1. The molecule has 0 N–H and O–H groups in total. The Morgan fingerprint density at radius 2 is 2.00 bits per heavy atom. The first-order valence-corrected chi connectivity index (χ1v) is 6.14. The molecular weight excluding hydrogens is 220 g/mol. The van der Waals surface area contributed by atoms with E-state index in [2.05, 4.69) is 11.7 Å². The van der Waals surface area contributed by atoms with Crippen LogP contribution in [0, 0.1) is 11.8 Å². The highest BCUT2D eigenvalue weighted by molar-refractivity contribution is 6.03. The van der Waals surface area contributed by atoms with E-state index in [1.165, 1.54) is 7.11 Å². The highest BCUT2D eigenvalue weighted by Crippen LogP contribution is 2.37. The topological polar surface area (TPSA) is 52.6 Å². The number of carbonyl (C=O) groups excluding carboxylic acids is 2. The number of esters is 1. The highest BCUT2D eigenvalue weighted by atomic mass is 16.5. The highest BCUT2D eigenvalue weighted by Gasteiger charge is 2.45. The average Bonchev–Trinajstić information content (AvgIpc) is 2.35. The van der Waals surface area contributed by atoms with Crippen molar-refractivity contribution in [3.8, 4) is 0 Å². The van der Waals surface area contributed by atoms with Gasteiger partial charge in [0.25, 0.3) is 0 Å². The molecule has 1 aliphatic rings. The Morgan fingerprint density at radius 1 is 1.35 bits per heavy atom. The van der Waals surface area contributed by atoms with Gasteiger partial charge in [-0.1, -0.05) is 13.3 Å². The fourth-order valence-corrected chi connectivity index (χ4v) is 2.69. The molecule has 1 rings (SSSR count). The van der Waals surface area contributed by atoms with Crippen LogP contribution in [0.25, 0.3) is 0 Å². The second-order valence-corrected chi connectivity index (χ2v) is 5.01. The lowest BCUT2D eigenvalue weighted by molar-refractivity contribution is -0.160. The summed E-state index contributed by atoms with van der Waals surface area (Å²) in [6, 6.07) is 0. The van der Waals surface area contributed by atoms with Gasteiger partial charge in [0.2, 0.25) is 0 Å². The lowest BCUT2D eigenvalue weighted by Gasteiger charge is -2.38. The number of ether oxygens (including phenoxy) is 2. The molecule has 0 saturated heterocycles. The Bertz CT molecular complexity index is 300. The molecular formula is C13H22O4. The zero-order chi connectivity index (χ0) is 13.1. The molecule has 98 valence electrons. The SMILES string of the molecule is COC(=O)C(C)C(=O)C1(OC)CCCC(C)C1. The first kappa shape index (κ1) is 14.2. The number of hydrogen-bond donors (Lipinski definition) is 0. The molecule has 4 heteroatoms. The van der Waals surface area contributed by atoms with E-state index < -0.39 is 17.5 Å². The number of ketones is 1. The van der Waals surface area contributed by atoms with Gasteiger partial charge in [0.1, 0.15) is 11.5 Å². The summed E-state index contributed by atoms with van der Waals surface area (Å²) in [5.74, 6) is -0.911. The number of rotatable bonds is 4. The first-order chi connectivity index (χ1) is 7.96. The monoisotopic (exact) mass is 242 g/mol. The molecule has 4 nitrogen and oxygen atoms in total. The van der Waals surface area contributed by atoms with E-state index in [-0.39, 0.29) is 5.78 Å². The van der Waals surface area contributed by atoms with Gasteiger partial charge in [-0.3, -0.25) is 9.59 Å². The predicted molar refractivity (Wildman–Crippen MR) is 63.6 cm³/mol. The molecule has 0 spiro atoms. The van der Waals surface area contributed by atoms with Crippen LogP contribution in [0.1, 0.15) is 39.5 Å². The number of carbonyl (C=O) groups is 2. The number of methoxy groups -OCH3 is 2. The third-order valence-corrected chi connectivity index (χ3v) is 3.74. The van der Waals surface area contributed by atoms with E-state index in [9.17, 15) is 9.59 Å². The Hall–Kier alpha value is -0.900. The summed E-state index contributed by atoms with van der Waals surface area (Å²) >= 11 is 0. The summed E-state index contributed by atoms with van der Waals surface area (Å²) in [5.41, 5.74) is -0.786. The molecule has 0 aliphatic heterocycles. The molecule has 1 saturated carbocycles. The smallest absolute Gasteiger partial charge is 0.316 e. The van der Waals surface area contributed by atoms with Crippen molar-refractivity contribution < 1.29 is 19.1 Å². The summed E-state index contributed by atoms with van der Waals surface area (Å²) < 4.78 is 10.1. The molecule has 0 aromatic carbocycles. The van der Waals surface area contributed by atoms with Gasteiger partial charge in [0.15, 0.2) is 5.78 Å². The maximum atomic E-state index is 12.4. The van der Waals surface area contributed by atoms with Crippen LogP contribution in [0.2, 0.25) is 0 Å². The molecule has 0 radical (unpaired) electrons. The van der Waals surface area contributed by atoms with Crippen LogP contribution in [0.15, 0.2) is 0 Å². The van der Waals surface area contributed by atoms with Gasteiger partial charge in [-0.2, -0.15) is 0 Å². The summed E-state index contributed by atoms with van der Waals surface area (Å²) in [5, 5.41) is 0. The van der Waals surface area contributed by atoms with E-state index >= 15 is 0 Å². The van der Waals surface area contributed by atoms with Crippen molar-refractivity contribution in [1.82, 2.24) is 0 Å². The van der Waals surface area contributed by atoms with Crippen LogP contribution in [-0.4, -0.2) is 31.6 Å². The molecule has 3 unspecified atom stereocenters. The van der Waals surface area contributed by atoms with Crippen LogP contribution in [0.4, 0.5) is 0 Å². The normalized spacial score (nSPS) is 30.7. The van der Waals surface area contributed by atoms with Crippen LogP contribution in [0.5, 0.6) is 0 Å². The Labute approximate surface area is 103 Å². The van der Waals surface area contributed by atoms with Crippen molar-refractivity contribution in [2.45, 2.75) is 45.1 Å². The van der Waals surface area contributed by atoms with E-state index in [1.54, 1.807) is 14.0 Å². The van der Waals surface area contributed by atoms with Crippen LogP contribution >= 0.6 is 0 Å². The number of hydrogen-bond acceptors (Lipinski definition) is 4. The van der Waals surface area contributed by atoms with Crippen molar-refractivity contribution in [2.24, 2.45) is 11.8 Å². The van der Waals surface area contributed by atoms with Crippen LogP contribution in [0.3, 0.4) is 0 Å². The Balaban J connectivity index is 2.85. The maximum absolute atomic E-state index is 12.4. The van der Waals surface area contributed by atoms with Crippen molar-refractivity contribution in [3.05, 3.63) is 0 Å². The minimum atomic E-state index is -0.786. The Kier molecular flexibility index (Phi) is 4.69. The summed E-state index contributed by atoms with van der Waals surface area (Å²) in [6.45, 7) is 3.71. The first-order valence-electron chi connectivity index (χ1n) is 6.14. The summed E-state index contributed by atoms with van der Waals surface area (Å²) in [6.07, 6.45) is 3.48. The molecule has 0 amide bonds. The minimum Gasteiger partial charge on any atom is -0.468 e. The standard InChI is InChI=1S/C13H22O4/c1-9-6-5-7-13(8-9,17-4)11(14)10(2)12(15)16-3/h9-10H,5-8H2,1-4H3. The molecule has 0 aromatic rings. The molecule has 0 bridgehead atoms. The molecule has 1 fully saturated rings. The summed E-state index contributed by atoms with van der Waals surface area (Å²) in [7, 11) is 2.86. The minimum absolute atomic E-state index is 0.140. The lowest BCUT2D eigenvalue weighted by Crippen LogP contribution is -2.48. The fraction of sp³-hybridized carbons (Fsp3) is 0.846. The zero-order valence-electron chi connectivity index (χ0n) is 11.1. The van der Waals surface area contributed by atoms with E-state index in [1.807, 2.05) is 0 Å². The van der Waals surface area contributed by atoms with Crippen molar-refractivity contribution in [2.75, 3.05) is 14.2 Å². The molecule has 3 atom stereocenters. The van der Waals surface area contributed by atoms with Gasteiger partial charge in [0, 0.05) is 7.11 Å². The van der Waals surface area contributed by atoms with Gasteiger partial charge in [0.05, 0.1) is 7.11 Å². The quantitative estimate of drug-likeness (QED) is 0.558. The van der Waals surface area contributed by atoms with Gasteiger partial charge >= 0.3 is 5.97 Å². The second-order valence-electron chi connectivity index (χ2n) is 5.01. The van der Waals surface area contributed by atoms with Gasteiger partial charge in [-0.25, -0.2) is 0 Å². The molecule has 17 heavy (non-hydrogen) atoms. The third-order valence-electron chi connectivity index (χ3n) is 3.74. The van der Waals surface area contributed by atoms with Crippen molar-refractivity contribution in [1.29, 1.82) is 0 Å². The Morgan fingerprint density at radius 3 is 2.47 bits per heavy atom. The number of Topliss-reactive ketones (excluding diaryl/α,β-unsaturated/α-hetero) is 1. The largest absolute Gasteiger partial charge is 0.468 e. The van der Waals surface area contributed by atoms with Crippen LogP contribution < -0.4 is 0 Å². The van der Waals surface area contributed by atoms with Gasteiger partial charge < -0.3 is 9.47 Å². The average molecular weight is 242 g/mol. The van der Waals surface area contributed by atoms with Gasteiger partial charge in [-0.15, -0.1) is 0 Å². The van der Waals surface area contributed by atoms with Crippen molar-refractivity contribution >= 4 is 11.8 Å².